The second-order valence-electron chi connectivity index (χ2n) is 9.51. The van der Waals surface area contributed by atoms with E-state index in [0.29, 0.717) is 6.54 Å². The summed E-state index contributed by atoms with van der Waals surface area (Å²) in [6.45, 7) is 10.5. The molecule has 213 valence electrons. The summed E-state index contributed by atoms with van der Waals surface area (Å²) in [6.07, 6.45) is 15.8. The number of nitroso groups, excluding NO2 is 4. The van der Waals surface area contributed by atoms with Crippen molar-refractivity contribution in [1.82, 2.24) is 0 Å². The third-order valence-corrected chi connectivity index (χ3v) is 6.36. The van der Waals surface area contributed by atoms with Gasteiger partial charge in [0.2, 0.25) is 12.2 Å². The number of piperidine rings is 3. The van der Waals surface area contributed by atoms with Crippen LogP contribution < -0.4 is 0 Å². The van der Waals surface area contributed by atoms with Gasteiger partial charge in [0.05, 0.1) is 0 Å². The molecule has 3 unspecified atom stereocenters. The first-order valence-corrected chi connectivity index (χ1v) is 12.9. The Morgan fingerprint density at radius 1 is 0.730 bits per heavy atom. The van der Waals surface area contributed by atoms with Gasteiger partial charge >= 0.3 is 22.2 Å². The maximum atomic E-state index is 10.7. The number of allylic oxidation sites excluding steroid dienone is 3. The van der Waals surface area contributed by atoms with Crippen molar-refractivity contribution in [2.45, 2.75) is 104 Å². The van der Waals surface area contributed by atoms with Gasteiger partial charge in [-0.25, -0.2) is 10.4 Å². The molecule has 0 amide bonds. The van der Waals surface area contributed by atoms with Crippen LogP contribution in [-0.2, 0) is 17.1 Å². The van der Waals surface area contributed by atoms with Crippen LogP contribution in [0, 0.1) is 24.5 Å². The van der Waals surface area contributed by atoms with Crippen LogP contribution in [0.5, 0.6) is 0 Å². The summed E-state index contributed by atoms with van der Waals surface area (Å²) in [5, 5.41) is 12.5. The number of rotatable bonds is 0. The molecule has 4 aliphatic rings. The zero-order valence-electron chi connectivity index (χ0n) is 22.6. The molecule has 0 bridgehead atoms. The SMILES string of the molecule is CC1=CC=CC[N+]1=O.CC1CCCC[N+]1=O.CC1CCCC[N+]1=O.CC1CCCC[N+]1=O.O=[N+](O)O.[Cu+2]. The standard InChI is InChI=1S/3C6H12NO.C6H8NO.Cu.H2NO3/c4*1-6-4-2-3-5-7(6)8;;2-1(3)4/h3*6H,2-5H2,1H3;2-4H,5H2,1H3;;(H2,2,3,4)/q4*+1;+2;+1. The normalized spacial score (nSPS) is 24.5. The molecule has 3 saturated heterocycles. The van der Waals surface area contributed by atoms with Crippen molar-refractivity contribution in [3.05, 3.63) is 48.5 Å². The monoisotopic (exact) mass is 579 g/mol. The van der Waals surface area contributed by atoms with Crippen molar-refractivity contribution in [3.63, 3.8) is 0 Å². The predicted molar refractivity (Wildman–Crippen MR) is 134 cm³/mol. The molecule has 0 spiro atoms. The Bertz CT molecular complexity index is 739. The summed E-state index contributed by atoms with van der Waals surface area (Å²) in [4.78, 5) is 51.2. The van der Waals surface area contributed by atoms with Crippen molar-refractivity contribution in [3.8, 4) is 0 Å². The molecule has 0 aromatic rings. The average molecular weight is 580 g/mol. The van der Waals surface area contributed by atoms with Gasteiger partial charge in [0.15, 0.2) is 37.8 Å². The Morgan fingerprint density at radius 3 is 1.22 bits per heavy atom. The van der Waals surface area contributed by atoms with E-state index in [1.54, 1.807) is 13.0 Å². The third kappa shape index (κ3) is 19.4. The summed E-state index contributed by atoms with van der Waals surface area (Å²) in [5.74, 6) is 0. The number of hydrogen-bond acceptors (Lipinski definition) is 5. The minimum absolute atomic E-state index is 0. The van der Waals surface area contributed by atoms with Gasteiger partial charge in [-0.2, -0.15) is 0 Å². The van der Waals surface area contributed by atoms with Crippen molar-refractivity contribution in [1.29, 1.82) is 0 Å². The van der Waals surface area contributed by atoms with E-state index in [1.807, 2.05) is 32.9 Å². The summed E-state index contributed by atoms with van der Waals surface area (Å²) < 4.78 is 4.51. The minimum atomic E-state index is -1.25. The van der Waals surface area contributed by atoms with Crippen LogP contribution in [0.4, 0.5) is 0 Å². The summed E-state index contributed by atoms with van der Waals surface area (Å²) in [5.41, 5.74) is 0.785. The molecule has 0 aromatic carbocycles. The van der Waals surface area contributed by atoms with E-state index in [9.17, 15) is 19.6 Å². The molecule has 1 radical (unpaired) electrons. The predicted octanol–water partition coefficient (Wildman–Crippen LogP) is 4.79. The number of hydrogen-bond donors (Lipinski definition) is 2. The summed E-state index contributed by atoms with van der Waals surface area (Å²) in [7, 11) is 0. The molecule has 4 heterocycles. The fraction of sp³-hybridized carbons (Fsp3) is 0.833. The van der Waals surface area contributed by atoms with Gasteiger partial charge in [0.1, 0.15) is 4.91 Å². The molecule has 4 rings (SSSR count). The van der Waals surface area contributed by atoms with Crippen LogP contribution in [-0.4, -0.2) is 78.8 Å². The van der Waals surface area contributed by atoms with Crippen LogP contribution in [0.1, 0.15) is 85.5 Å². The van der Waals surface area contributed by atoms with Crippen molar-refractivity contribution in [2.75, 3.05) is 26.2 Å². The molecule has 0 aromatic heterocycles. The smallest absolute Gasteiger partial charge is 0.201 e. The Kier molecular flexibility index (Phi) is 21.5. The molecular formula is C24H46CuN5O7+7. The van der Waals surface area contributed by atoms with Gasteiger partial charge in [0.25, 0.3) is 0 Å². The van der Waals surface area contributed by atoms with Gasteiger partial charge in [-0.3, -0.25) is 0 Å². The van der Waals surface area contributed by atoms with Crippen LogP contribution in [0.15, 0.2) is 23.9 Å². The van der Waals surface area contributed by atoms with Gasteiger partial charge in [0, 0.05) is 111 Å². The van der Waals surface area contributed by atoms with Gasteiger partial charge in [-0.1, -0.05) is 6.08 Å². The quantitative estimate of drug-likeness (QED) is 0.239. The molecule has 0 aliphatic carbocycles. The molecule has 12 nitrogen and oxygen atoms in total. The number of nitrogens with zero attached hydrogens (tertiary/aromatic N) is 5. The Morgan fingerprint density at radius 2 is 1.05 bits per heavy atom. The van der Waals surface area contributed by atoms with Crippen LogP contribution in [0.2, 0.25) is 0 Å². The molecule has 2 N–H and O–H groups in total. The molecule has 37 heavy (non-hydrogen) atoms. The zero-order valence-corrected chi connectivity index (χ0v) is 23.6. The second-order valence-corrected chi connectivity index (χ2v) is 9.51. The minimum Gasteiger partial charge on any atom is -0.201 e. The van der Waals surface area contributed by atoms with E-state index in [4.69, 9.17) is 15.3 Å². The second kappa shape index (κ2) is 21.7. The summed E-state index contributed by atoms with van der Waals surface area (Å²) >= 11 is 0. The molecule has 3 fully saturated rings. The van der Waals surface area contributed by atoms with Gasteiger partial charge in [-0.05, 0) is 25.3 Å². The Labute approximate surface area is 229 Å². The first-order chi connectivity index (χ1) is 17.0. The molecule has 3 atom stereocenters. The molecule has 4 aliphatic heterocycles. The van der Waals surface area contributed by atoms with E-state index in [-0.39, 0.29) is 35.2 Å². The fourth-order valence-corrected chi connectivity index (χ4v) is 3.81. The molecule has 13 heteroatoms. The Balaban J connectivity index is 0. The fourth-order valence-electron chi connectivity index (χ4n) is 3.81. The van der Waals surface area contributed by atoms with E-state index in [2.05, 4.69) is 0 Å². The third-order valence-electron chi connectivity index (χ3n) is 6.36. The van der Waals surface area contributed by atoms with Crippen molar-refractivity contribution < 1.29 is 51.6 Å². The average Bonchev–Trinajstić information content (AvgIpc) is 2.83. The topological polar surface area (TPSA) is 141 Å². The molecule has 0 saturated carbocycles. The van der Waals surface area contributed by atoms with Crippen LogP contribution >= 0.6 is 0 Å². The molecular weight excluding hydrogens is 534 g/mol. The maximum absolute atomic E-state index is 10.7. The van der Waals surface area contributed by atoms with Crippen LogP contribution in [0.25, 0.3) is 0 Å². The first-order valence-electron chi connectivity index (χ1n) is 12.9. The van der Waals surface area contributed by atoms with Crippen molar-refractivity contribution in [2.24, 2.45) is 0 Å². The van der Waals surface area contributed by atoms with E-state index in [1.165, 1.54) is 33.5 Å². The zero-order chi connectivity index (χ0) is 27.5. The van der Waals surface area contributed by atoms with Crippen LogP contribution in [0.3, 0.4) is 0 Å². The van der Waals surface area contributed by atoms with E-state index < -0.39 is 5.09 Å². The largest absolute Gasteiger partial charge is 2.00 e. The maximum Gasteiger partial charge on any atom is 2.00 e. The summed E-state index contributed by atoms with van der Waals surface area (Å²) in [6, 6.07) is 0.844. The van der Waals surface area contributed by atoms with E-state index >= 15 is 0 Å². The van der Waals surface area contributed by atoms with Crippen molar-refractivity contribution >= 4 is 0 Å². The van der Waals surface area contributed by atoms with Gasteiger partial charge < -0.3 is 0 Å². The van der Waals surface area contributed by atoms with Gasteiger partial charge in [-0.15, -0.1) is 0 Å². The van der Waals surface area contributed by atoms with E-state index in [0.717, 1.165) is 68.6 Å². The Hall–Kier alpha value is -2.40. The first kappa shape index (κ1) is 36.8.